The van der Waals surface area contributed by atoms with Crippen LogP contribution in [0.3, 0.4) is 0 Å². The van der Waals surface area contributed by atoms with Crippen LogP contribution in [0.5, 0.6) is 0 Å². The molecule has 0 aromatic heterocycles. The highest BCUT2D eigenvalue weighted by Gasteiger charge is 2.16. The molecule has 0 bridgehead atoms. The van der Waals surface area contributed by atoms with Crippen LogP contribution in [-0.2, 0) is 0 Å². The van der Waals surface area contributed by atoms with Crippen LogP contribution in [0.2, 0.25) is 0 Å². The molecule has 1 saturated heterocycles. The molecule has 1 aliphatic rings. The summed E-state index contributed by atoms with van der Waals surface area (Å²) in [5.41, 5.74) is 0. The molecule has 0 aromatic carbocycles. The Hall–Kier alpha value is -0.0400. The lowest BCUT2D eigenvalue weighted by Gasteiger charge is -2.31. The van der Waals surface area contributed by atoms with Gasteiger partial charge in [0.1, 0.15) is 0 Å². The lowest BCUT2D eigenvalue weighted by atomic mass is 10.0. The van der Waals surface area contributed by atoms with E-state index in [1.807, 2.05) is 0 Å². The van der Waals surface area contributed by atoms with Crippen molar-refractivity contribution in [2.24, 2.45) is 5.92 Å². The lowest BCUT2D eigenvalue weighted by molar-refractivity contribution is 0.162. The highest BCUT2D eigenvalue weighted by molar-refractivity contribution is 4.71. The average molecular weight is 225 g/mol. The van der Waals surface area contributed by atoms with Gasteiger partial charge in [-0.25, -0.2) is 0 Å². The van der Waals surface area contributed by atoms with Crippen molar-refractivity contribution < 1.29 is 0 Å². The molecule has 1 unspecified atom stereocenters. The summed E-state index contributed by atoms with van der Waals surface area (Å²) in [6.45, 7) is 9.79. The largest absolute Gasteiger partial charge is 0.300 e. The highest BCUT2D eigenvalue weighted by atomic mass is 15.1. The van der Waals surface area contributed by atoms with Crippen LogP contribution in [-0.4, -0.2) is 24.0 Å². The van der Waals surface area contributed by atoms with Crippen LogP contribution in [0.25, 0.3) is 0 Å². The second-order valence-corrected chi connectivity index (χ2v) is 5.85. The van der Waals surface area contributed by atoms with Crippen LogP contribution in [0, 0.1) is 5.92 Å². The Labute approximate surface area is 103 Å². The molecule has 1 nitrogen and oxygen atoms in total. The van der Waals surface area contributed by atoms with Crippen LogP contribution in [0.15, 0.2) is 0 Å². The van der Waals surface area contributed by atoms with Crippen molar-refractivity contribution in [2.45, 2.75) is 78.2 Å². The summed E-state index contributed by atoms with van der Waals surface area (Å²) < 4.78 is 0. The van der Waals surface area contributed by atoms with Crippen LogP contribution >= 0.6 is 0 Å². The zero-order chi connectivity index (χ0) is 11.8. The molecule has 0 N–H and O–H groups in total. The topological polar surface area (TPSA) is 3.24 Å². The number of hydrogen-bond acceptors (Lipinski definition) is 1. The van der Waals surface area contributed by atoms with Crippen LogP contribution in [0.1, 0.15) is 72.1 Å². The summed E-state index contributed by atoms with van der Waals surface area (Å²) >= 11 is 0. The number of rotatable bonds is 2. The normalized spacial score (nSPS) is 24.0. The fourth-order valence-electron chi connectivity index (χ4n) is 2.63. The molecule has 96 valence electrons. The maximum atomic E-state index is 2.73. The fraction of sp³-hybridized carbons (Fsp3) is 1.00. The SMILES string of the molecule is CC(C)C(C)N1CCCCCCCCCC1. The maximum absolute atomic E-state index is 2.73. The van der Waals surface area contributed by atoms with E-state index >= 15 is 0 Å². The smallest absolute Gasteiger partial charge is 0.00899 e. The van der Waals surface area contributed by atoms with Gasteiger partial charge in [0.25, 0.3) is 0 Å². The Bertz CT molecular complexity index is 153. The first-order chi connectivity index (χ1) is 7.72. The Balaban J connectivity index is 2.38. The third kappa shape index (κ3) is 5.34. The maximum Gasteiger partial charge on any atom is 0.00899 e. The van der Waals surface area contributed by atoms with Gasteiger partial charge in [-0.1, -0.05) is 52.4 Å². The molecular weight excluding hydrogens is 194 g/mol. The van der Waals surface area contributed by atoms with E-state index < -0.39 is 0 Å². The van der Waals surface area contributed by atoms with Crippen molar-refractivity contribution in [3.63, 3.8) is 0 Å². The quantitative estimate of drug-likeness (QED) is 0.670. The summed E-state index contributed by atoms with van der Waals surface area (Å²) in [6.07, 6.45) is 11.6. The van der Waals surface area contributed by atoms with Gasteiger partial charge in [0.2, 0.25) is 0 Å². The molecule has 0 aliphatic carbocycles. The zero-order valence-corrected chi connectivity index (χ0v) is 11.7. The molecule has 1 rings (SSSR count). The number of nitrogens with zero attached hydrogens (tertiary/aromatic N) is 1. The second kappa shape index (κ2) is 8.11. The van der Waals surface area contributed by atoms with Gasteiger partial charge in [-0.15, -0.1) is 0 Å². The lowest BCUT2D eigenvalue weighted by Crippen LogP contribution is -2.38. The van der Waals surface area contributed by atoms with Gasteiger partial charge in [0.05, 0.1) is 0 Å². The Morgan fingerprint density at radius 3 is 1.38 bits per heavy atom. The first-order valence-corrected chi connectivity index (χ1v) is 7.46. The highest BCUT2D eigenvalue weighted by Crippen LogP contribution is 2.16. The Kier molecular flexibility index (Phi) is 7.11. The predicted molar refractivity (Wildman–Crippen MR) is 72.8 cm³/mol. The molecule has 16 heavy (non-hydrogen) atoms. The summed E-state index contributed by atoms with van der Waals surface area (Å²) in [5, 5.41) is 0. The molecule has 0 radical (unpaired) electrons. The summed E-state index contributed by atoms with van der Waals surface area (Å²) in [5.74, 6) is 0.796. The molecule has 1 heterocycles. The summed E-state index contributed by atoms with van der Waals surface area (Å²) in [4.78, 5) is 2.73. The van der Waals surface area contributed by atoms with Gasteiger partial charge in [0, 0.05) is 6.04 Å². The first-order valence-electron chi connectivity index (χ1n) is 7.46. The molecule has 0 saturated carbocycles. The van der Waals surface area contributed by atoms with Gasteiger partial charge < -0.3 is 4.90 Å². The zero-order valence-electron chi connectivity index (χ0n) is 11.7. The van der Waals surface area contributed by atoms with E-state index in [1.54, 1.807) is 0 Å². The molecular formula is C15H31N. The minimum atomic E-state index is 0.765. The summed E-state index contributed by atoms with van der Waals surface area (Å²) in [6, 6.07) is 0.765. The van der Waals surface area contributed by atoms with E-state index in [4.69, 9.17) is 0 Å². The van der Waals surface area contributed by atoms with Gasteiger partial charge >= 0.3 is 0 Å². The predicted octanol–water partition coefficient (Wildman–Crippen LogP) is 4.47. The third-order valence-electron chi connectivity index (χ3n) is 4.18. The molecule has 1 heteroatoms. The molecule has 1 aliphatic heterocycles. The van der Waals surface area contributed by atoms with Crippen molar-refractivity contribution >= 4 is 0 Å². The van der Waals surface area contributed by atoms with E-state index in [1.165, 1.54) is 64.5 Å². The number of hydrogen-bond donors (Lipinski definition) is 0. The van der Waals surface area contributed by atoms with Gasteiger partial charge in [-0.3, -0.25) is 0 Å². The summed E-state index contributed by atoms with van der Waals surface area (Å²) in [7, 11) is 0. The second-order valence-electron chi connectivity index (χ2n) is 5.85. The van der Waals surface area contributed by atoms with Crippen molar-refractivity contribution in [2.75, 3.05) is 13.1 Å². The van der Waals surface area contributed by atoms with Gasteiger partial charge in [0.15, 0.2) is 0 Å². The standard InChI is InChI=1S/C15H31N/c1-14(2)15(3)16-12-10-8-6-4-5-7-9-11-13-16/h14-15H,4-13H2,1-3H3. The molecule has 0 spiro atoms. The van der Waals surface area contributed by atoms with Crippen molar-refractivity contribution in [1.82, 2.24) is 4.90 Å². The van der Waals surface area contributed by atoms with Gasteiger partial charge in [-0.2, -0.15) is 0 Å². The van der Waals surface area contributed by atoms with E-state index in [9.17, 15) is 0 Å². The van der Waals surface area contributed by atoms with E-state index in [0.717, 1.165) is 12.0 Å². The molecule has 1 atom stereocenters. The molecule has 1 fully saturated rings. The minimum Gasteiger partial charge on any atom is -0.300 e. The molecule has 0 aromatic rings. The fourth-order valence-corrected chi connectivity index (χ4v) is 2.63. The van der Waals surface area contributed by atoms with E-state index in [-0.39, 0.29) is 0 Å². The average Bonchev–Trinajstić information content (AvgIpc) is 2.32. The van der Waals surface area contributed by atoms with Crippen LogP contribution in [0.4, 0.5) is 0 Å². The monoisotopic (exact) mass is 225 g/mol. The van der Waals surface area contributed by atoms with Crippen LogP contribution < -0.4 is 0 Å². The van der Waals surface area contributed by atoms with Crippen molar-refractivity contribution in [3.8, 4) is 0 Å². The minimum absolute atomic E-state index is 0.765. The Morgan fingerprint density at radius 1 is 0.625 bits per heavy atom. The van der Waals surface area contributed by atoms with E-state index in [2.05, 4.69) is 25.7 Å². The van der Waals surface area contributed by atoms with Gasteiger partial charge in [-0.05, 0) is 38.8 Å². The first kappa shape index (κ1) is 14.0. The van der Waals surface area contributed by atoms with Crippen molar-refractivity contribution in [1.29, 1.82) is 0 Å². The third-order valence-corrected chi connectivity index (χ3v) is 4.18. The van der Waals surface area contributed by atoms with E-state index in [0.29, 0.717) is 0 Å². The Morgan fingerprint density at radius 2 is 1.00 bits per heavy atom. The molecule has 0 amide bonds. The van der Waals surface area contributed by atoms with Crippen molar-refractivity contribution in [3.05, 3.63) is 0 Å².